The van der Waals surface area contributed by atoms with Crippen LogP contribution in [0.15, 0.2) is 0 Å². The summed E-state index contributed by atoms with van der Waals surface area (Å²) in [6, 6.07) is -0.852. The van der Waals surface area contributed by atoms with E-state index in [9.17, 15) is 9.59 Å². The van der Waals surface area contributed by atoms with Crippen molar-refractivity contribution in [3.63, 3.8) is 0 Å². The molecule has 0 aromatic heterocycles. The molecule has 0 spiro atoms. The van der Waals surface area contributed by atoms with Crippen LogP contribution in [0.3, 0.4) is 0 Å². The number of esters is 1. The zero-order chi connectivity index (χ0) is 18.0. The average Bonchev–Trinajstić information content (AvgIpc) is 2.94. The van der Waals surface area contributed by atoms with Crippen LogP contribution in [0, 0.1) is 16.7 Å². The van der Waals surface area contributed by atoms with Crippen LogP contribution in [0.1, 0.15) is 53.9 Å². The second kappa shape index (κ2) is 5.10. The summed E-state index contributed by atoms with van der Waals surface area (Å²) in [5, 5.41) is 2.75. The van der Waals surface area contributed by atoms with Gasteiger partial charge in [0, 0.05) is 10.8 Å². The molecule has 3 aliphatic rings. The van der Waals surface area contributed by atoms with Crippen LogP contribution in [0.2, 0.25) is 0 Å². The van der Waals surface area contributed by atoms with Crippen molar-refractivity contribution >= 4 is 12.1 Å². The third-order valence-electron chi connectivity index (χ3n) is 6.83. The van der Waals surface area contributed by atoms with Gasteiger partial charge >= 0.3 is 12.1 Å². The highest BCUT2D eigenvalue weighted by Gasteiger charge is 2.79. The number of carbonyl (C=O) groups excluding carboxylic acids is 2. The summed E-state index contributed by atoms with van der Waals surface area (Å²) >= 11 is 0. The molecule has 5 atom stereocenters. The average molecular weight is 339 g/mol. The molecule has 3 fully saturated rings. The molecule has 2 aliphatic carbocycles. The SMILES string of the molecule is COC(=O)[C@@H](NC(=O)OC(C)(C)C)[C@@]12C[C@H]3CC[C@]1(C)[C@@]3(C)CO2. The van der Waals surface area contributed by atoms with Gasteiger partial charge in [0.25, 0.3) is 0 Å². The fourth-order valence-corrected chi connectivity index (χ4v) is 5.33. The van der Waals surface area contributed by atoms with E-state index in [0.29, 0.717) is 12.5 Å². The molecule has 1 saturated heterocycles. The Labute approximate surface area is 143 Å². The van der Waals surface area contributed by atoms with Crippen molar-refractivity contribution in [1.82, 2.24) is 5.32 Å². The first kappa shape index (κ1) is 17.5. The molecule has 0 unspecified atom stereocenters. The Hall–Kier alpha value is -1.30. The van der Waals surface area contributed by atoms with Gasteiger partial charge in [-0.1, -0.05) is 13.8 Å². The third kappa shape index (κ3) is 2.11. The standard InChI is InChI=1S/C18H29NO5/c1-15(2,3)24-14(21)19-12(13(20)22-6)18-9-11-7-8-17(18,5)16(11,4)10-23-18/h11-12H,7-10H2,1-6H3,(H,19,21)/t11-,12-,16+,17-,18+/m1/s1. The Kier molecular flexibility index (Phi) is 3.72. The number of carbonyl (C=O) groups is 2. The van der Waals surface area contributed by atoms with Gasteiger partial charge in [0.15, 0.2) is 6.04 Å². The zero-order valence-corrected chi connectivity index (χ0v) is 15.5. The van der Waals surface area contributed by atoms with Gasteiger partial charge in [-0.05, 0) is 46.0 Å². The van der Waals surface area contributed by atoms with Gasteiger partial charge in [-0.25, -0.2) is 9.59 Å². The minimum atomic E-state index is -0.852. The fourth-order valence-electron chi connectivity index (χ4n) is 5.33. The maximum Gasteiger partial charge on any atom is 0.408 e. The van der Waals surface area contributed by atoms with E-state index in [2.05, 4.69) is 19.2 Å². The molecular weight excluding hydrogens is 310 g/mol. The summed E-state index contributed by atoms with van der Waals surface area (Å²) in [6.07, 6.45) is 2.31. The lowest BCUT2D eigenvalue weighted by atomic mass is 9.64. The molecule has 1 amide bonds. The third-order valence-corrected chi connectivity index (χ3v) is 6.83. The van der Waals surface area contributed by atoms with E-state index in [-0.39, 0.29) is 10.8 Å². The van der Waals surface area contributed by atoms with Gasteiger partial charge in [-0.3, -0.25) is 0 Å². The molecule has 3 rings (SSSR count). The van der Waals surface area contributed by atoms with Crippen molar-refractivity contribution in [3.05, 3.63) is 0 Å². The Morgan fingerprint density at radius 3 is 2.46 bits per heavy atom. The molecule has 2 saturated carbocycles. The van der Waals surface area contributed by atoms with Crippen LogP contribution in [0.25, 0.3) is 0 Å². The van der Waals surface area contributed by atoms with Crippen LogP contribution in [0.4, 0.5) is 4.79 Å². The topological polar surface area (TPSA) is 73.9 Å². The van der Waals surface area contributed by atoms with Crippen LogP contribution in [-0.4, -0.2) is 43.0 Å². The summed E-state index contributed by atoms with van der Waals surface area (Å²) in [4.78, 5) is 24.8. The predicted octanol–water partition coefficient (Wildman–Crippen LogP) is 2.65. The largest absolute Gasteiger partial charge is 0.467 e. The number of nitrogens with one attached hydrogen (secondary N) is 1. The zero-order valence-electron chi connectivity index (χ0n) is 15.5. The molecule has 6 heteroatoms. The van der Waals surface area contributed by atoms with E-state index in [0.717, 1.165) is 19.3 Å². The normalized spacial score (nSPS) is 41.2. The van der Waals surface area contributed by atoms with Crippen molar-refractivity contribution in [2.75, 3.05) is 13.7 Å². The highest BCUT2D eigenvalue weighted by molar-refractivity contribution is 5.83. The summed E-state index contributed by atoms with van der Waals surface area (Å²) < 4.78 is 16.6. The number of methoxy groups -OCH3 is 1. The van der Waals surface area contributed by atoms with Crippen molar-refractivity contribution < 1.29 is 23.8 Å². The molecule has 6 nitrogen and oxygen atoms in total. The van der Waals surface area contributed by atoms with Gasteiger partial charge in [0.1, 0.15) is 11.2 Å². The van der Waals surface area contributed by atoms with Crippen molar-refractivity contribution in [1.29, 1.82) is 0 Å². The first-order chi connectivity index (χ1) is 11.0. The van der Waals surface area contributed by atoms with E-state index in [4.69, 9.17) is 14.2 Å². The van der Waals surface area contributed by atoms with E-state index >= 15 is 0 Å². The first-order valence-corrected chi connectivity index (χ1v) is 8.70. The van der Waals surface area contributed by atoms with Gasteiger partial charge in [0.05, 0.1) is 13.7 Å². The quantitative estimate of drug-likeness (QED) is 0.800. The summed E-state index contributed by atoms with van der Waals surface area (Å²) in [7, 11) is 1.34. The Morgan fingerprint density at radius 2 is 1.96 bits per heavy atom. The highest BCUT2D eigenvalue weighted by atomic mass is 16.6. The van der Waals surface area contributed by atoms with Crippen LogP contribution in [-0.2, 0) is 19.0 Å². The predicted molar refractivity (Wildman–Crippen MR) is 87.4 cm³/mol. The van der Waals surface area contributed by atoms with Gasteiger partial charge < -0.3 is 19.5 Å². The number of amides is 1. The molecule has 0 aromatic carbocycles. The maximum atomic E-state index is 12.5. The minimum Gasteiger partial charge on any atom is -0.467 e. The Morgan fingerprint density at radius 1 is 1.29 bits per heavy atom. The lowest BCUT2D eigenvalue weighted by molar-refractivity contribution is -0.162. The van der Waals surface area contributed by atoms with Crippen LogP contribution in [0.5, 0.6) is 0 Å². The molecule has 0 aromatic rings. The lowest BCUT2D eigenvalue weighted by Gasteiger charge is -2.45. The second-order valence-electron chi connectivity index (χ2n) is 8.97. The molecule has 24 heavy (non-hydrogen) atoms. The van der Waals surface area contributed by atoms with E-state index < -0.39 is 29.3 Å². The molecule has 4 bridgehead atoms. The first-order valence-electron chi connectivity index (χ1n) is 8.70. The number of rotatable bonds is 3. The number of ether oxygens (including phenoxy) is 3. The van der Waals surface area contributed by atoms with Gasteiger partial charge in [0.2, 0.25) is 0 Å². The molecule has 136 valence electrons. The van der Waals surface area contributed by atoms with Crippen molar-refractivity contribution in [2.45, 2.75) is 71.1 Å². The summed E-state index contributed by atoms with van der Waals surface area (Å²) in [5.74, 6) is 0.0442. The number of hydrogen-bond acceptors (Lipinski definition) is 5. The van der Waals surface area contributed by atoms with Crippen LogP contribution >= 0.6 is 0 Å². The van der Waals surface area contributed by atoms with Gasteiger partial charge in [-0.15, -0.1) is 0 Å². The molecular formula is C18H29NO5. The molecule has 0 radical (unpaired) electrons. The smallest absolute Gasteiger partial charge is 0.408 e. The Bertz CT molecular complexity index is 570. The van der Waals surface area contributed by atoms with E-state index in [1.54, 1.807) is 20.8 Å². The molecule has 1 aliphatic heterocycles. The van der Waals surface area contributed by atoms with Crippen molar-refractivity contribution in [3.8, 4) is 0 Å². The molecule has 1 N–H and O–H groups in total. The van der Waals surface area contributed by atoms with Crippen LogP contribution < -0.4 is 5.32 Å². The fraction of sp³-hybridized carbons (Fsp3) is 0.889. The lowest BCUT2D eigenvalue weighted by Crippen LogP contribution is -2.63. The minimum absolute atomic E-state index is 0.0505. The van der Waals surface area contributed by atoms with E-state index in [1.165, 1.54) is 7.11 Å². The molecule has 1 heterocycles. The second-order valence-corrected chi connectivity index (χ2v) is 8.97. The number of hydrogen-bond donors (Lipinski definition) is 1. The van der Waals surface area contributed by atoms with E-state index in [1.807, 2.05) is 0 Å². The number of alkyl carbamates (subject to hydrolysis) is 1. The maximum absolute atomic E-state index is 12.5. The summed E-state index contributed by atoms with van der Waals surface area (Å²) in [6.45, 7) is 10.4. The van der Waals surface area contributed by atoms with Gasteiger partial charge in [-0.2, -0.15) is 0 Å². The highest BCUT2D eigenvalue weighted by Crippen LogP contribution is 2.75. The monoisotopic (exact) mass is 339 g/mol. The Balaban J connectivity index is 1.91. The summed E-state index contributed by atoms with van der Waals surface area (Å²) in [5.41, 5.74) is -1.45. The van der Waals surface area contributed by atoms with Crippen molar-refractivity contribution in [2.24, 2.45) is 16.7 Å².